The molecule has 5 heteroatoms. The van der Waals surface area contributed by atoms with Gasteiger partial charge in [-0.2, -0.15) is 0 Å². The Morgan fingerprint density at radius 1 is 1.21 bits per heavy atom. The minimum atomic E-state index is -0.414. The van der Waals surface area contributed by atoms with E-state index in [-0.39, 0.29) is 6.61 Å². The summed E-state index contributed by atoms with van der Waals surface area (Å²) in [6.07, 6.45) is 2.95. The lowest BCUT2D eigenvalue weighted by Gasteiger charge is -2.05. The van der Waals surface area contributed by atoms with E-state index in [1.165, 1.54) is 13.2 Å². The van der Waals surface area contributed by atoms with Gasteiger partial charge in [0.1, 0.15) is 5.75 Å². The van der Waals surface area contributed by atoms with Gasteiger partial charge in [-0.15, -0.1) is 0 Å². The normalized spacial score (nSPS) is 10.2. The fourth-order valence-electron chi connectivity index (χ4n) is 1.25. The summed E-state index contributed by atoms with van der Waals surface area (Å²) >= 11 is 0. The van der Waals surface area contributed by atoms with Gasteiger partial charge in [0, 0.05) is 6.08 Å². The zero-order chi connectivity index (χ0) is 14.1. The molecule has 0 radical (unpaired) electrons. The summed E-state index contributed by atoms with van der Waals surface area (Å²) in [6, 6.07) is 6.94. The molecule has 0 spiro atoms. The summed E-state index contributed by atoms with van der Waals surface area (Å²) in [5.41, 5.74) is 0.828. The lowest BCUT2D eigenvalue weighted by atomic mass is 10.2. The van der Waals surface area contributed by atoms with Crippen molar-refractivity contribution >= 4 is 18.0 Å². The van der Waals surface area contributed by atoms with E-state index in [1.807, 2.05) is 0 Å². The summed E-state index contributed by atoms with van der Waals surface area (Å²) in [5, 5.41) is 0. The maximum Gasteiger partial charge on any atom is 0.344 e. The number of carbonyl (C=O) groups is 2. The Kier molecular flexibility index (Phi) is 6.15. The molecule has 19 heavy (non-hydrogen) atoms. The summed E-state index contributed by atoms with van der Waals surface area (Å²) in [4.78, 5) is 22.0. The third-order valence-electron chi connectivity index (χ3n) is 2.16. The molecule has 0 saturated carbocycles. The highest BCUT2D eigenvalue weighted by atomic mass is 16.6. The molecular formula is C14H16O5. The van der Waals surface area contributed by atoms with Gasteiger partial charge in [-0.3, -0.25) is 0 Å². The minimum Gasteiger partial charge on any atom is -0.482 e. The summed E-state index contributed by atoms with van der Waals surface area (Å²) in [6.45, 7) is 1.95. The van der Waals surface area contributed by atoms with Gasteiger partial charge in [-0.05, 0) is 30.7 Å². The highest BCUT2D eigenvalue weighted by Crippen LogP contribution is 2.13. The predicted molar refractivity (Wildman–Crippen MR) is 69.6 cm³/mol. The van der Waals surface area contributed by atoms with Crippen molar-refractivity contribution in [3.63, 3.8) is 0 Å². The molecule has 0 heterocycles. The predicted octanol–water partition coefficient (Wildman–Crippen LogP) is 1.81. The Balaban J connectivity index is 2.50. The molecule has 1 rings (SSSR count). The zero-order valence-electron chi connectivity index (χ0n) is 10.9. The van der Waals surface area contributed by atoms with Crippen molar-refractivity contribution in [1.82, 2.24) is 0 Å². The average Bonchev–Trinajstić information content (AvgIpc) is 2.44. The minimum absolute atomic E-state index is 0.120. The molecule has 0 unspecified atom stereocenters. The molecule has 0 aromatic heterocycles. The number of hydrogen-bond acceptors (Lipinski definition) is 5. The molecule has 102 valence electrons. The fraction of sp³-hybridized carbons (Fsp3) is 0.286. The number of methoxy groups -OCH3 is 1. The lowest BCUT2D eigenvalue weighted by Crippen LogP contribution is -2.14. The molecule has 1 aromatic rings. The van der Waals surface area contributed by atoms with E-state index >= 15 is 0 Å². The van der Waals surface area contributed by atoms with Gasteiger partial charge in [0.15, 0.2) is 6.61 Å². The molecule has 0 atom stereocenters. The number of hydrogen-bond donors (Lipinski definition) is 0. The number of carbonyl (C=O) groups excluding carboxylic acids is 2. The van der Waals surface area contributed by atoms with Crippen LogP contribution < -0.4 is 4.74 Å². The topological polar surface area (TPSA) is 61.8 Å². The molecule has 0 fully saturated rings. The Morgan fingerprint density at radius 3 is 2.47 bits per heavy atom. The molecule has 5 nitrogen and oxygen atoms in total. The molecular weight excluding hydrogens is 248 g/mol. The monoisotopic (exact) mass is 264 g/mol. The van der Waals surface area contributed by atoms with E-state index in [0.717, 1.165) is 5.56 Å². The van der Waals surface area contributed by atoms with E-state index < -0.39 is 11.9 Å². The highest BCUT2D eigenvalue weighted by Gasteiger charge is 2.02. The lowest BCUT2D eigenvalue weighted by molar-refractivity contribution is -0.145. The number of esters is 2. The van der Waals surface area contributed by atoms with Crippen molar-refractivity contribution in [1.29, 1.82) is 0 Å². The molecule has 0 saturated heterocycles. The van der Waals surface area contributed by atoms with Crippen LogP contribution in [0.1, 0.15) is 12.5 Å². The number of benzene rings is 1. The molecule has 0 bridgehead atoms. The molecule has 0 aliphatic rings. The van der Waals surface area contributed by atoms with Crippen LogP contribution in [0.4, 0.5) is 0 Å². The van der Waals surface area contributed by atoms with E-state index in [1.54, 1.807) is 37.3 Å². The second-order valence-corrected chi connectivity index (χ2v) is 3.52. The van der Waals surface area contributed by atoms with Gasteiger partial charge in [0.05, 0.1) is 13.7 Å². The number of ether oxygens (including phenoxy) is 3. The molecule has 0 aliphatic carbocycles. The average molecular weight is 264 g/mol. The Morgan fingerprint density at radius 2 is 1.89 bits per heavy atom. The van der Waals surface area contributed by atoms with Crippen molar-refractivity contribution in [3.8, 4) is 5.75 Å². The maximum absolute atomic E-state index is 11.1. The van der Waals surface area contributed by atoms with E-state index in [4.69, 9.17) is 9.47 Å². The van der Waals surface area contributed by atoms with Crippen LogP contribution in [0.25, 0.3) is 6.08 Å². The fourth-order valence-corrected chi connectivity index (χ4v) is 1.25. The zero-order valence-corrected chi connectivity index (χ0v) is 10.9. The van der Waals surface area contributed by atoms with Gasteiger partial charge < -0.3 is 14.2 Å². The SMILES string of the molecule is CCOC(=O)COc1ccc(C=CC(=O)OC)cc1. The van der Waals surface area contributed by atoms with Crippen LogP contribution in [0.2, 0.25) is 0 Å². The van der Waals surface area contributed by atoms with Crippen LogP contribution in [0.5, 0.6) is 5.75 Å². The first-order chi connectivity index (χ1) is 9.15. The number of rotatable bonds is 6. The van der Waals surface area contributed by atoms with E-state index in [2.05, 4.69) is 4.74 Å². The van der Waals surface area contributed by atoms with Crippen LogP contribution in [0, 0.1) is 0 Å². The van der Waals surface area contributed by atoms with Gasteiger partial charge in [-0.1, -0.05) is 12.1 Å². The molecule has 0 amide bonds. The Labute approximate surface area is 111 Å². The van der Waals surface area contributed by atoms with Crippen molar-refractivity contribution in [2.45, 2.75) is 6.92 Å². The highest BCUT2D eigenvalue weighted by molar-refractivity contribution is 5.86. The second kappa shape index (κ2) is 7.92. The quantitative estimate of drug-likeness (QED) is 0.579. The third-order valence-corrected chi connectivity index (χ3v) is 2.16. The standard InChI is InChI=1S/C14H16O5/c1-3-18-14(16)10-19-12-7-4-11(5-8-12)6-9-13(15)17-2/h4-9H,3,10H2,1-2H3. The van der Waals surface area contributed by atoms with Gasteiger partial charge in [0.25, 0.3) is 0 Å². The summed E-state index contributed by atoms with van der Waals surface area (Å²) in [5.74, 6) is -0.261. The van der Waals surface area contributed by atoms with E-state index in [0.29, 0.717) is 12.4 Å². The maximum atomic E-state index is 11.1. The van der Waals surface area contributed by atoms with Gasteiger partial charge in [0.2, 0.25) is 0 Å². The van der Waals surface area contributed by atoms with Crippen LogP contribution in [-0.4, -0.2) is 32.3 Å². The van der Waals surface area contributed by atoms with E-state index in [9.17, 15) is 9.59 Å². The van der Waals surface area contributed by atoms with Crippen molar-refractivity contribution in [2.75, 3.05) is 20.3 Å². The largest absolute Gasteiger partial charge is 0.482 e. The molecule has 0 N–H and O–H groups in total. The van der Waals surface area contributed by atoms with Gasteiger partial charge in [-0.25, -0.2) is 9.59 Å². The Bertz CT molecular complexity index is 447. The Hall–Kier alpha value is -2.30. The molecule has 0 aliphatic heterocycles. The van der Waals surface area contributed by atoms with Crippen LogP contribution in [0.15, 0.2) is 30.3 Å². The van der Waals surface area contributed by atoms with Crippen LogP contribution >= 0.6 is 0 Å². The smallest absolute Gasteiger partial charge is 0.344 e. The first-order valence-corrected chi connectivity index (χ1v) is 5.80. The molecule has 1 aromatic carbocycles. The van der Waals surface area contributed by atoms with Crippen molar-refractivity contribution in [3.05, 3.63) is 35.9 Å². The third kappa shape index (κ3) is 5.72. The van der Waals surface area contributed by atoms with Crippen molar-refractivity contribution < 1.29 is 23.8 Å². The second-order valence-electron chi connectivity index (χ2n) is 3.52. The van der Waals surface area contributed by atoms with Gasteiger partial charge >= 0.3 is 11.9 Å². The van der Waals surface area contributed by atoms with Crippen LogP contribution in [0.3, 0.4) is 0 Å². The summed E-state index contributed by atoms with van der Waals surface area (Å²) in [7, 11) is 1.32. The first kappa shape index (κ1) is 14.8. The first-order valence-electron chi connectivity index (χ1n) is 5.80. The van der Waals surface area contributed by atoms with Crippen LogP contribution in [-0.2, 0) is 19.1 Å². The van der Waals surface area contributed by atoms with Crippen molar-refractivity contribution in [2.24, 2.45) is 0 Å². The summed E-state index contributed by atoms with van der Waals surface area (Å²) < 4.78 is 14.5.